The molecule has 2 aliphatic rings. The predicted octanol–water partition coefficient (Wildman–Crippen LogP) is 2.71. The Kier molecular flexibility index (Phi) is 2.10. The second-order valence-electron chi connectivity index (χ2n) is 4.61. The van der Waals surface area contributed by atoms with Crippen LogP contribution in [-0.4, -0.2) is 17.4 Å². The third kappa shape index (κ3) is 1.22. The van der Waals surface area contributed by atoms with Crippen molar-refractivity contribution in [1.29, 1.82) is 0 Å². The Morgan fingerprint density at radius 3 is 3.12 bits per heavy atom. The number of hydrogen-bond donors (Lipinski definition) is 0. The van der Waals surface area contributed by atoms with Gasteiger partial charge in [0.25, 0.3) is 5.91 Å². The van der Waals surface area contributed by atoms with E-state index in [1.54, 1.807) is 11.1 Å². The van der Waals surface area contributed by atoms with E-state index in [0.717, 1.165) is 18.5 Å². The fourth-order valence-electron chi connectivity index (χ4n) is 3.00. The van der Waals surface area contributed by atoms with Crippen molar-refractivity contribution >= 4 is 5.91 Å². The highest BCUT2D eigenvalue weighted by Gasteiger charge is 2.33. The molecule has 1 aromatic carbocycles. The van der Waals surface area contributed by atoms with Crippen molar-refractivity contribution in [2.75, 3.05) is 6.54 Å². The van der Waals surface area contributed by atoms with Crippen molar-refractivity contribution < 1.29 is 4.79 Å². The summed E-state index contributed by atoms with van der Waals surface area (Å²) in [7, 11) is 0. The van der Waals surface area contributed by atoms with Gasteiger partial charge < -0.3 is 4.90 Å². The maximum absolute atomic E-state index is 12.1. The summed E-state index contributed by atoms with van der Waals surface area (Å²) < 4.78 is 0. The average Bonchev–Trinajstić information content (AvgIpc) is 2.33. The SMILES string of the molecule is C=CN1C[C@H]2CCCc3cccc(c32)C1=O. The Labute approximate surface area is 95.6 Å². The molecule has 1 amide bonds. The Morgan fingerprint density at radius 2 is 2.31 bits per heavy atom. The van der Waals surface area contributed by atoms with Gasteiger partial charge in [-0.3, -0.25) is 4.79 Å². The molecule has 0 radical (unpaired) electrons. The van der Waals surface area contributed by atoms with Gasteiger partial charge in [0, 0.05) is 18.0 Å². The maximum atomic E-state index is 12.1. The summed E-state index contributed by atoms with van der Waals surface area (Å²) in [5, 5.41) is 0. The molecule has 3 rings (SSSR count). The number of carbonyl (C=O) groups excluding carboxylic acids is 1. The highest BCUT2D eigenvalue weighted by Crippen LogP contribution is 2.38. The molecule has 0 saturated carbocycles. The standard InChI is InChI=1S/C14H15NO/c1-2-15-9-11-7-3-5-10-6-4-8-12(13(10)11)14(15)16/h2,4,6,8,11H,1,3,5,7,9H2/t11-/m1/s1. The Morgan fingerprint density at radius 1 is 1.44 bits per heavy atom. The van der Waals surface area contributed by atoms with Gasteiger partial charge in [0.15, 0.2) is 0 Å². The molecule has 1 aliphatic carbocycles. The molecule has 0 aromatic heterocycles. The smallest absolute Gasteiger partial charge is 0.258 e. The number of carbonyl (C=O) groups is 1. The minimum absolute atomic E-state index is 0.116. The summed E-state index contributed by atoms with van der Waals surface area (Å²) in [4.78, 5) is 13.9. The van der Waals surface area contributed by atoms with Crippen molar-refractivity contribution in [3.63, 3.8) is 0 Å². The zero-order chi connectivity index (χ0) is 11.1. The van der Waals surface area contributed by atoms with E-state index >= 15 is 0 Å². The molecule has 0 spiro atoms. The average molecular weight is 213 g/mol. The molecular formula is C14H15NO. The van der Waals surface area contributed by atoms with Crippen LogP contribution in [0.4, 0.5) is 0 Å². The van der Waals surface area contributed by atoms with Crippen molar-refractivity contribution in [3.8, 4) is 0 Å². The minimum atomic E-state index is 0.116. The lowest BCUT2D eigenvalue weighted by Crippen LogP contribution is -2.37. The summed E-state index contributed by atoms with van der Waals surface area (Å²) in [6.45, 7) is 4.53. The van der Waals surface area contributed by atoms with Crippen LogP contribution >= 0.6 is 0 Å². The fraction of sp³-hybridized carbons (Fsp3) is 0.357. The maximum Gasteiger partial charge on any atom is 0.258 e. The topological polar surface area (TPSA) is 20.3 Å². The van der Waals surface area contributed by atoms with Crippen LogP contribution in [0.2, 0.25) is 0 Å². The predicted molar refractivity (Wildman–Crippen MR) is 63.4 cm³/mol. The quantitative estimate of drug-likeness (QED) is 0.702. The van der Waals surface area contributed by atoms with Gasteiger partial charge >= 0.3 is 0 Å². The highest BCUT2D eigenvalue weighted by atomic mass is 16.2. The van der Waals surface area contributed by atoms with Gasteiger partial charge in [0.2, 0.25) is 0 Å². The van der Waals surface area contributed by atoms with Gasteiger partial charge in [-0.15, -0.1) is 0 Å². The molecule has 2 nitrogen and oxygen atoms in total. The number of amides is 1. The molecule has 1 aromatic rings. The fourth-order valence-corrected chi connectivity index (χ4v) is 3.00. The molecule has 16 heavy (non-hydrogen) atoms. The molecule has 0 fully saturated rings. The van der Waals surface area contributed by atoms with E-state index in [1.807, 2.05) is 12.1 Å². The van der Waals surface area contributed by atoms with Crippen molar-refractivity contribution in [2.45, 2.75) is 25.2 Å². The van der Waals surface area contributed by atoms with Crippen LogP contribution in [0, 0.1) is 0 Å². The lowest BCUT2D eigenvalue weighted by molar-refractivity contribution is 0.0791. The number of rotatable bonds is 1. The monoisotopic (exact) mass is 213 g/mol. The van der Waals surface area contributed by atoms with Crippen LogP contribution in [0.5, 0.6) is 0 Å². The summed E-state index contributed by atoms with van der Waals surface area (Å²) in [5.41, 5.74) is 3.59. The van der Waals surface area contributed by atoms with Crippen LogP contribution in [0.25, 0.3) is 0 Å². The van der Waals surface area contributed by atoms with Crippen LogP contribution in [0.1, 0.15) is 40.2 Å². The molecular weight excluding hydrogens is 198 g/mol. The van der Waals surface area contributed by atoms with Crippen LogP contribution in [-0.2, 0) is 6.42 Å². The van der Waals surface area contributed by atoms with E-state index in [1.165, 1.54) is 24.0 Å². The summed E-state index contributed by atoms with van der Waals surface area (Å²) >= 11 is 0. The van der Waals surface area contributed by atoms with Gasteiger partial charge in [0.05, 0.1) is 0 Å². The van der Waals surface area contributed by atoms with E-state index in [4.69, 9.17) is 0 Å². The zero-order valence-corrected chi connectivity index (χ0v) is 9.28. The molecule has 0 bridgehead atoms. The lowest BCUT2D eigenvalue weighted by Gasteiger charge is -2.36. The molecule has 82 valence electrons. The van der Waals surface area contributed by atoms with E-state index in [2.05, 4.69) is 12.6 Å². The van der Waals surface area contributed by atoms with E-state index in [9.17, 15) is 4.79 Å². The molecule has 1 aliphatic heterocycles. The third-order valence-electron chi connectivity index (χ3n) is 3.73. The van der Waals surface area contributed by atoms with Gasteiger partial charge in [-0.05, 0) is 42.7 Å². The highest BCUT2D eigenvalue weighted by molar-refractivity contribution is 5.98. The summed E-state index contributed by atoms with van der Waals surface area (Å²) in [6, 6.07) is 6.12. The van der Waals surface area contributed by atoms with E-state index in [0.29, 0.717) is 5.92 Å². The number of hydrogen-bond acceptors (Lipinski definition) is 1. The molecule has 0 saturated heterocycles. The van der Waals surface area contributed by atoms with E-state index < -0.39 is 0 Å². The van der Waals surface area contributed by atoms with Gasteiger partial charge in [-0.2, -0.15) is 0 Å². The normalized spacial score (nSPS) is 22.9. The number of nitrogens with zero attached hydrogens (tertiary/aromatic N) is 1. The number of benzene rings is 1. The first kappa shape index (κ1) is 9.64. The first-order chi connectivity index (χ1) is 7.81. The van der Waals surface area contributed by atoms with Gasteiger partial charge in [-0.25, -0.2) is 0 Å². The molecule has 0 N–H and O–H groups in total. The Hall–Kier alpha value is -1.57. The largest absolute Gasteiger partial charge is 0.315 e. The van der Waals surface area contributed by atoms with Crippen molar-refractivity contribution in [2.24, 2.45) is 0 Å². The van der Waals surface area contributed by atoms with Crippen LogP contribution in [0.3, 0.4) is 0 Å². The molecule has 1 heterocycles. The zero-order valence-electron chi connectivity index (χ0n) is 9.28. The minimum Gasteiger partial charge on any atom is -0.315 e. The summed E-state index contributed by atoms with van der Waals surface area (Å²) in [5.74, 6) is 0.639. The first-order valence-corrected chi connectivity index (χ1v) is 5.86. The van der Waals surface area contributed by atoms with E-state index in [-0.39, 0.29) is 5.91 Å². The molecule has 0 unspecified atom stereocenters. The second kappa shape index (κ2) is 3.48. The van der Waals surface area contributed by atoms with Crippen molar-refractivity contribution in [1.82, 2.24) is 4.90 Å². The van der Waals surface area contributed by atoms with Crippen LogP contribution < -0.4 is 0 Å². The Balaban J connectivity index is 2.18. The second-order valence-corrected chi connectivity index (χ2v) is 4.61. The lowest BCUT2D eigenvalue weighted by atomic mass is 9.77. The number of aryl methyl sites for hydroxylation is 1. The van der Waals surface area contributed by atoms with Gasteiger partial charge in [0.1, 0.15) is 0 Å². The summed E-state index contributed by atoms with van der Waals surface area (Å²) in [6.07, 6.45) is 5.22. The van der Waals surface area contributed by atoms with Crippen LogP contribution in [0.15, 0.2) is 31.0 Å². The van der Waals surface area contributed by atoms with Crippen molar-refractivity contribution in [3.05, 3.63) is 47.7 Å². The molecule has 2 heteroatoms. The molecule has 1 atom stereocenters. The van der Waals surface area contributed by atoms with Gasteiger partial charge in [-0.1, -0.05) is 18.7 Å². The third-order valence-corrected chi connectivity index (χ3v) is 3.73. The Bertz CT molecular complexity index is 464. The first-order valence-electron chi connectivity index (χ1n) is 5.86.